The highest BCUT2D eigenvalue weighted by Crippen LogP contribution is 2.28. The molecule has 148 valence electrons. The average Bonchev–Trinajstić information content (AvgIpc) is 3.25. The number of benzene rings is 2. The minimum atomic E-state index is -0.0940. The van der Waals surface area contributed by atoms with Crippen molar-refractivity contribution in [2.45, 2.75) is 33.2 Å². The molecule has 0 bridgehead atoms. The Morgan fingerprint density at radius 3 is 1.54 bits per heavy atom. The van der Waals surface area contributed by atoms with Gasteiger partial charge in [-0.15, -0.1) is 0 Å². The van der Waals surface area contributed by atoms with Gasteiger partial charge in [0.1, 0.15) is 0 Å². The van der Waals surface area contributed by atoms with Gasteiger partial charge in [-0.05, 0) is 52.9 Å². The highest BCUT2D eigenvalue weighted by molar-refractivity contribution is 7.22. The van der Waals surface area contributed by atoms with Crippen LogP contribution in [0.3, 0.4) is 0 Å². The van der Waals surface area contributed by atoms with Crippen molar-refractivity contribution in [3.05, 3.63) is 46.5 Å². The van der Waals surface area contributed by atoms with E-state index in [0.717, 1.165) is 43.5 Å². The van der Waals surface area contributed by atoms with Gasteiger partial charge in [0.05, 0.1) is 40.3 Å². The molecule has 0 saturated heterocycles. The third-order valence-corrected chi connectivity index (χ3v) is 6.04. The maximum atomic E-state index is 9.17. The van der Waals surface area contributed by atoms with Crippen LogP contribution in [-0.4, -0.2) is 25.3 Å². The number of aliphatic hydroxyl groups excluding tert-OH is 3. The molecule has 0 fully saturated rings. The molecule has 2 aromatic carbocycles. The molecule has 2 heterocycles. The summed E-state index contributed by atoms with van der Waals surface area (Å²) in [4.78, 5) is 8.31. The summed E-state index contributed by atoms with van der Waals surface area (Å²) in [7, 11) is 0. The van der Waals surface area contributed by atoms with Gasteiger partial charge < -0.3 is 26.8 Å². The summed E-state index contributed by atoms with van der Waals surface area (Å²) in [5, 5.41) is 28.4. The van der Waals surface area contributed by atoms with Crippen LogP contribution in [0.5, 0.6) is 0 Å². The minimum Gasteiger partial charge on any atom is -0.392 e. The Kier molecular flexibility index (Phi) is 6.42. The van der Waals surface area contributed by atoms with E-state index >= 15 is 0 Å². The van der Waals surface area contributed by atoms with E-state index in [1.807, 2.05) is 18.2 Å². The molecule has 0 unspecified atom stereocenters. The fourth-order valence-corrected chi connectivity index (χ4v) is 4.48. The van der Waals surface area contributed by atoms with Gasteiger partial charge in [0.2, 0.25) is 0 Å². The van der Waals surface area contributed by atoms with Crippen LogP contribution >= 0.6 is 22.7 Å². The Morgan fingerprint density at radius 1 is 0.714 bits per heavy atom. The molecule has 2 aromatic heterocycles. The van der Waals surface area contributed by atoms with Crippen LogP contribution in [0.4, 0.5) is 10.3 Å². The maximum absolute atomic E-state index is 9.17. The number of aliphatic hydroxyl groups is 3. The van der Waals surface area contributed by atoms with Crippen LogP contribution < -0.4 is 11.5 Å². The number of thiazole rings is 2. The highest BCUT2D eigenvalue weighted by Gasteiger charge is 2.07. The number of hydrogen-bond donors (Lipinski definition) is 5. The van der Waals surface area contributed by atoms with E-state index in [4.69, 9.17) is 26.8 Å². The molecule has 0 aliphatic carbocycles. The Morgan fingerprint density at radius 2 is 1.11 bits per heavy atom. The normalized spacial score (nSPS) is 11.0. The first-order valence-corrected chi connectivity index (χ1v) is 10.3. The van der Waals surface area contributed by atoms with Crippen molar-refractivity contribution >= 4 is 53.4 Å². The maximum Gasteiger partial charge on any atom is 0.181 e. The minimum absolute atomic E-state index is 0.0797. The van der Waals surface area contributed by atoms with Crippen molar-refractivity contribution in [1.29, 1.82) is 0 Å². The first kappa shape index (κ1) is 20.4. The number of nitrogens with two attached hydrogens (primary N) is 2. The average molecular weight is 419 g/mol. The van der Waals surface area contributed by atoms with Crippen LogP contribution in [-0.2, 0) is 26.2 Å². The third kappa shape index (κ3) is 4.23. The number of nitrogens with zero attached hydrogens (tertiary/aromatic N) is 2. The second-order valence-electron chi connectivity index (χ2n) is 6.11. The predicted octanol–water partition coefficient (Wildman–Crippen LogP) is 2.80. The van der Waals surface area contributed by atoms with Gasteiger partial charge in [0, 0.05) is 0 Å². The smallest absolute Gasteiger partial charge is 0.181 e. The Bertz CT molecular complexity index is 938. The van der Waals surface area contributed by atoms with E-state index in [2.05, 4.69) is 16.9 Å². The van der Waals surface area contributed by atoms with Crippen LogP contribution in [0, 0.1) is 0 Å². The first-order valence-electron chi connectivity index (χ1n) is 8.67. The SMILES string of the molecule is CCc1cc2nc(N)sc2cc1CO.Nc1nc2cc(CO)c(CO)cc2s1. The van der Waals surface area contributed by atoms with Crippen LogP contribution in [0.1, 0.15) is 29.2 Å². The van der Waals surface area contributed by atoms with Gasteiger partial charge in [-0.3, -0.25) is 0 Å². The second-order valence-corrected chi connectivity index (χ2v) is 8.23. The van der Waals surface area contributed by atoms with Crippen LogP contribution in [0.15, 0.2) is 24.3 Å². The van der Waals surface area contributed by atoms with Gasteiger partial charge >= 0.3 is 0 Å². The molecule has 7 nitrogen and oxygen atoms in total. The molecule has 0 aliphatic heterocycles. The van der Waals surface area contributed by atoms with E-state index in [0.29, 0.717) is 15.8 Å². The summed E-state index contributed by atoms with van der Waals surface area (Å²) in [5.74, 6) is 0. The molecule has 28 heavy (non-hydrogen) atoms. The zero-order valence-corrected chi connectivity index (χ0v) is 17.0. The summed E-state index contributed by atoms with van der Waals surface area (Å²) in [6.45, 7) is 1.97. The quantitative estimate of drug-likeness (QED) is 0.343. The lowest BCUT2D eigenvalue weighted by molar-refractivity contribution is 0.260. The third-order valence-electron chi connectivity index (χ3n) is 4.34. The molecule has 0 spiro atoms. The first-order chi connectivity index (χ1) is 13.5. The van der Waals surface area contributed by atoms with Gasteiger partial charge in [-0.1, -0.05) is 29.6 Å². The monoisotopic (exact) mass is 418 g/mol. The van der Waals surface area contributed by atoms with Crippen molar-refractivity contribution in [3.8, 4) is 0 Å². The van der Waals surface area contributed by atoms with E-state index < -0.39 is 0 Å². The Hall–Kier alpha value is -2.30. The molecule has 9 heteroatoms. The molecule has 0 atom stereocenters. The summed E-state index contributed by atoms with van der Waals surface area (Å²) in [6.07, 6.45) is 0.906. The number of anilines is 2. The molecule has 4 aromatic rings. The summed E-state index contributed by atoms with van der Waals surface area (Å²) < 4.78 is 1.98. The Labute approximate surface area is 169 Å². The fraction of sp³-hybridized carbons (Fsp3) is 0.263. The molecular weight excluding hydrogens is 396 g/mol. The number of fused-ring (bicyclic) bond motifs is 2. The largest absolute Gasteiger partial charge is 0.392 e. The number of hydrogen-bond acceptors (Lipinski definition) is 9. The summed E-state index contributed by atoms with van der Waals surface area (Å²) >= 11 is 2.83. The predicted molar refractivity (Wildman–Crippen MR) is 115 cm³/mol. The van der Waals surface area contributed by atoms with Crippen molar-refractivity contribution in [3.63, 3.8) is 0 Å². The highest BCUT2D eigenvalue weighted by atomic mass is 32.1. The zero-order chi connectivity index (χ0) is 20.3. The molecule has 0 aliphatic rings. The van der Waals surface area contributed by atoms with Gasteiger partial charge in [0.15, 0.2) is 10.3 Å². The standard InChI is InChI=1S/C10H12N2OS.C9H10N2O2S/c1-2-6-3-8-9(4-7(6)5-13)14-10(11)12-8;10-9-11-7-1-5(3-12)6(4-13)2-8(7)14-9/h3-4,13H,2,5H2,1H3,(H2,11,12);1-2,12-13H,3-4H2,(H2,10,11). The topological polar surface area (TPSA) is 139 Å². The van der Waals surface area contributed by atoms with E-state index in [9.17, 15) is 0 Å². The number of aromatic nitrogens is 2. The van der Waals surface area contributed by atoms with E-state index in [1.54, 1.807) is 6.07 Å². The molecule has 7 N–H and O–H groups in total. The lowest BCUT2D eigenvalue weighted by atomic mass is 10.1. The Balaban J connectivity index is 0.000000161. The van der Waals surface area contributed by atoms with Crippen molar-refractivity contribution in [2.75, 3.05) is 11.5 Å². The van der Waals surface area contributed by atoms with Gasteiger partial charge in [-0.2, -0.15) is 0 Å². The van der Waals surface area contributed by atoms with E-state index in [1.165, 1.54) is 22.7 Å². The van der Waals surface area contributed by atoms with Crippen molar-refractivity contribution in [1.82, 2.24) is 9.97 Å². The van der Waals surface area contributed by atoms with Crippen LogP contribution in [0.2, 0.25) is 0 Å². The van der Waals surface area contributed by atoms with Gasteiger partial charge in [-0.25, -0.2) is 9.97 Å². The fourth-order valence-electron chi connectivity index (χ4n) is 2.92. The summed E-state index contributed by atoms with van der Waals surface area (Å²) in [5.41, 5.74) is 16.4. The zero-order valence-electron chi connectivity index (χ0n) is 15.3. The lowest BCUT2D eigenvalue weighted by Gasteiger charge is -2.03. The molecule has 4 rings (SSSR count). The summed E-state index contributed by atoms with van der Waals surface area (Å²) in [6, 6.07) is 7.55. The number of rotatable bonds is 4. The van der Waals surface area contributed by atoms with Crippen molar-refractivity contribution < 1.29 is 15.3 Å². The van der Waals surface area contributed by atoms with Crippen LogP contribution in [0.25, 0.3) is 20.4 Å². The molecule has 0 radical (unpaired) electrons. The molecule has 0 amide bonds. The van der Waals surface area contributed by atoms with Gasteiger partial charge in [0.25, 0.3) is 0 Å². The van der Waals surface area contributed by atoms with Crippen molar-refractivity contribution in [2.24, 2.45) is 0 Å². The molecule has 0 saturated carbocycles. The lowest BCUT2D eigenvalue weighted by Crippen LogP contribution is -1.93. The second kappa shape index (κ2) is 8.80. The molecular formula is C19H22N4O3S2. The van der Waals surface area contributed by atoms with E-state index in [-0.39, 0.29) is 19.8 Å². The number of nitrogen functional groups attached to an aromatic ring is 2. The number of aryl methyl sites for hydroxylation is 1.